The molecule has 1 aliphatic carbocycles. The molecule has 1 aliphatic rings. The van der Waals surface area contributed by atoms with Crippen molar-refractivity contribution in [3.63, 3.8) is 0 Å². The molecule has 120 valence electrons. The second kappa shape index (κ2) is 8.85. The lowest BCUT2D eigenvalue weighted by atomic mass is 9.64. The van der Waals surface area contributed by atoms with Crippen LogP contribution >= 0.6 is 12.4 Å². The van der Waals surface area contributed by atoms with E-state index in [1.54, 1.807) is 0 Å². The maximum absolute atomic E-state index is 11.9. The van der Waals surface area contributed by atoms with Gasteiger partial charge < -0.3 is 15.8 Å². The second-order valence-electron chi connectivity index (χ2n) is 6.23. The Kier molecular flexibility index (Phi) is 8.71. The summed E-state index contributed by atoms with van der Waals surface area (Å²) in [5.41, 5.74) is 5.84. The van der Waals surface area contributed by atoms with Crippen LogP contribution in [0.25, 0.3) is 0 Å². The first-order valence-electron chi connectivity index (χ1n) is 7.61. The maximum Gasteiger partial charge on any atom is 0.237 e. The fourth-order valence-corrected chi connectivity index (χ4v) is 2.50. The van der Waals surface area contributed by atoms with Gasteiger partial charge in [-0.15, -0.1) is 12.4 Å². The van der Waals surface area contributed by atoms with Crippen LogP contribution in [-0.4, -0.2) is 30.7 Å². The van der Waals surface area contributed by atoms with E-state index < -0.39 is 0 Å². The van der Waals surface area contributed by atoms with Crippen molar-refractivity contribution in [3.05, 3.63) is 0 Å². The number of hydrogen-bond donors (Lipinski definition) is 2. The molecule has 0 aromatic heterocycles. The standard InChI is InChI=1S/C15H30N2O2.ClH/c1-5-7-9-19-13-10-12(15(13,3)4)17-14(18)11(16)8-6-2;/h11-13H,5-10,16H2,1-4H3,(H,17,18);1H. The van der Waals surface area contributed by atoms with Crippen molar-refractivity contribution in [2.45, 2.75) is 78.0 Å². The summed E-state index contributed by atoms with van der Waals surface area (Å²) in [6.45, 7) is 9.33. The molecule has 0 radical (unpaired) electrons. The first kappa shape index (κ1) is 19.7. The van der Waals surface area contributed by atoms with Crippen molar-refractivity contribution >= 4 is 18.3 Å². The number of amides is 1. The maximum atomic E-state index is 11.9. The number of halogens is 1. The van der Waals surface area contributed by atoms with Gasteiger partial charge >= 0.3 is 0 Å². The summed E-state index contributed by atoms with van der Waals surface area (Å²) < 4.78 is 5.87. The number of ether oxygens (including phenoxy) is 1. The lowest BCUT2D eigenvalue weighted by molar-refractivity contribution is -0.139. The molecule has 4 nitrogen and oxygen atoms in total. The predicted octanol–water partition coefficient (Wildman–Crippen LogP) is 2.64. The summed E-state index contributed by atoms with van der Waals surface area (Å²) in [5, 5.41) is 3.07. The first-order chi connectivity index (χ1) is 8.93. The van der Waals surface area contributed by atoms with Crippen LogP contribution in [0.5, 0.6) is 0 Å². The van der Waals surface area contributed by atoms with Crippen molar-refractivity contribution in [1.82, 2.24) is 5.32 Å². The number of nitrogens with one attached hydrogen (secondary N) is 1. The number of hydrogen-bond acceptors (Lipinski definition) is 3. The molecule has 3 unspecified atom stereocenters. The highest BCUT2D eigenvalue weighted by Gasteiger charge is 2.49. The van der Waals surface area contributed by atoms with Crippen LogP contribution in [-0.2, 0) is 9.53 Å². The zero-order valence-corrected chi connectivity index (χ0v) is 14.1. The number of rotatable bonds is 8. The number of carbonyl (C=O) groups is 1. The summed E-state index contributed by atoms with van der Waals surface area (Å²) >= 11 is 0. The molecule has 3 atom stereocenters. The first-order valence-corrected chi connectivity index (χ1v) is 7.61. The highest BCUT2D eigenvalue weighted by Crippen LogP contribution is 2.42. The third kappa shape index (κ3) is 4.90. The molecular weight excluding hydrogens is 276 g/mol. The molecule has 0 aromatic carbocycles. The fraction of sp³-hybridized carbons (Fsp3) is 0.933. The zero-order chi connectivity index (χ0) is 14.5. The quantitative estimate of drug-likeness (QED) is 0.678. The van der Waals surface area contributed by atoms with E-state index in [4.69, 9.17) is 10.5 Å². The summed E-state index contributed by atoms with van der Waals surface area (Å²) in [4.78, 5) is 11.9. The van der Waals surface area contributed by atoms with Gasteiger partial charge in [0.1, 0.15) is 0 Å². The normalized spacial score (nSPS) is 25.2. The van der Waals surface area contributed by atoms with E-state index in [1.165, 1.54) is 0 Å². The van der Waals surface area contributed by atoms with Gasteiger partial charge in [0.05, 0.1) is 12.1 Å². The Hall–Kier alpha value is -0.320. The average Bonchev–Trinajstić information content (AvgIpc) is 2.36. The van der Waals surface area contributed by atoms with Crippen molar-refractivity contribution in [1.29, 1.82) is 0 Å². The van der Waals surface area contributed by atoms with Crippen LogP contribution in [0.3, 0.4) is 0 Å². The Bertz CT molecular complexity index is 298. The Morgan fingerprint density at radius 2 is 2.05 bits per heavy atom. The molecule has 0 spiro atoms. The SMILES string of the molecule is CCCCOC1CC(NC(=O)C(N)CCC)C1(C)C.Cl. The van der Waals surface area contributed by atoms with E-state index in [1.807, 2.05) is 6.92 Å². The van der Waals surface area contributed by atoms with E-state index in [-0.39, 0.29) is 41.9 Å². The van der Waals surface area contributed by atoms with Gasteiger partial charge in [-0.25, -0.2) is 0 Å². The number of carbonyl (C=O) groups excluding carboxylic acids is 1. The lowest BCUT2D eigenvalue weighted by Crippen LogP contribution is -2.63. The van der Waals surface area contributed by atoms with Gasteiger partial charge in [-0.3, -0.25) is 4.79 Å². The van der Waals surface area contributed by atoms with Crippen molar-refractivity contribution in [2.75, 3.05) is 6.61 Å². The van der Waals surface area contributed by atoms with Gasteiger partial charge in [0.25, 0.3) is 0 Å². The van der Waals surface area contributed by atoms with Gasteiger partial charge in [0.15, 0.2) is 0 Å². The summed E-state index contributed by atoms with van der Waals surface area (Å²) in [7, 11) is 0. The Labute approximate surface area is 129 Å². The van der Waals surface area contributed by atoms with Crippen molar-refractivity contribution in [3.8, 4) is 0 Å². The van der Waals surface area contributed by atoms with Crippen LogP contribution in [0.15, 0.2) is 0 Å². The Balaban J connectivity index is 0.00000361. The number of nitrogens with two attached hydrogens (primary N) is 1. The molecular formula is C15H31ClN2O2. The van der Waals surface area contributed by atoms with Crippen LogP contribution in [0.1, 0.15) is 59.8 Å². The lowest BCUT2D eigenvalue weighted by Gasteiger charge is -2.51. The molecule has 1 fully saturated rings. The minimum Gasteiger partial charge on any atom is -0.378 e. The van der Waals surface area contributed by atoms with Crippen LogP contribution in [0, 0.1) is 5.41 Å². The summed E-state index contributed by atoms with van der Waals surface area (Å²) in [5.74, 6) is -0.0214. The van der Waals surface area contributed by atoms with Crippen molar-refractivity contribution in [2.24, 2.45) is 11.1 Å². The smallest absolute Gasteiger partial charge is 0.237 e. The molecule has 0 saturated heterocycles. The van der Waals surface area contributed by atoms with Gasteiger partial charge in [0.2, 0.25) is 5.91 Å². The third-order valence-corrected chi connectivity index (χ3v) is 4.25. The summed E-state index contributed by atoms with van der Waals surface area (Å²) in [6, 6.07) is -0.185. The largest absolute Gasteiger partial charge is 0.378 e. The minimum absolute atomic E-state index is 0. The third-order valence-electron chi connectivity index (χ3n) is 4.25. The summed E-state index contributed by atoms with van der Waals surface area (Å²) in [6.07, 6.45) is 5.10. The fourth-order valence-electron chi connectivity index (χ4n) is 2.50. The van der Waals surface area contributed by atoms with E-state index in [9.17, 15) is 4.79 Å². The Morgan fingerprint density at radius 1 is 1.40 bits per heavy atom. The molecule has 5 heteroatoms. The van der Waals surface area contributed by atoms with Gasteiger partial charge in [0, 0.05) is 18.1 Å². The van der Waals surface area contributed by atoms with Crippen LogP contribution in [0.2, 0.25) is 0 Å². The van der Waals surface area contributed by atoms with E-state index in [0.717, 1.165) is 38.7 Å². The molecule has 0 bridgehead atoms. The topological polar surface area (TPSA) is 64.3 Å². The van der Waals surface area contributed by atoms with Gasteiger partial charge in [-0.05, 0) is 19.3 Å². The molecule has 20 heavy (non-hydrogen) atoms. The molecule has 1 rings (SSSR count). The van der Waals surface area contributed by atoms with E-state index in [2.05, 4.69) is 26.1 Å². The van der Waals surface area contributed by atoms with Crippen LogP contribution in [0.4, 0.5) is 0 Å². The molecule has 0 heterocycles. The molecule has 0 aromatic rings. The molecule has 0 aliphatic heterocycles. The molecule has 3 N–H and O–H groups in total. The monoisotopic (exact) mass is 306 g/mol. The second-order valence-corrected chi connectivity index (χ2v) is 6.23. The highest BCUT2D eigenvalue weighted by atomic mass is 35.5. The van der Waals surface area contributed by atoms with Crippen LogP contribution < -0.4 is 11.1 Å². The van der Waals surface area contributed by atoms with Crippen molar-refractivity contribution < 1.29 is 9.53 Å². The predicted molar refractivity (Wildman–Crippen MR) is 85.1 cm³/mol. The van der Waals surface area contributed by atoms with E-state index in [0.29, 0.717) is 0 Å². The highest BCUT2D eigenvalue weighted by molar-refractivity contribution is 5.85. The minimum atomic E-state index is -0.374. The zero-order valence-electron chi connectivity index (χ0n) is 13.3. The van der Waals surface area contributed by atoms with Gasteiger partial charge in [-0.2, -0.15) is 0 Å². The Morgan fingerprint density at radius 3 is 2.55 bits per heavy atom. The molecule has 1 amide bonds. The number of unbranched alkanes of at least 4 members (excludes halogenated alkanes) is 1. The average molecular weight is 307 g/mol. The van der Waals surface area contributed by atoms with Gasteiger partial charge in [-0.1, -0.05) is 40.5 Å². The molecule has 1 saturated carbocycles. The van der Waals surface area contributed by atoms with E-state index >= 15 is 0 Å².